The van der Waals surface area contributed by atoms with Crippen LogP contribution in [0.2, 0.25) is 0 Å². The molecule has 0 radical (unpaired) electrons. The zero-order valence-corrected chi connectivity index (χ0v) is 25.6. The summed E-state index contributed by atoms with van der Waals surface area (Å²) >= 11 is 0. The van der Waals surface area contributed by atoms with Gasteiger partial charge in [-0.25, -0.2) is 8.42 Å². The van der Waals surface area contributed by atoms with Crippen molar-refractivity contribution < 1.29 is 22.7 Å². The highest BCUT2D eigenvalue weighted by atomic mass is 32.2. The summed E-state index contributed by atoms with van der Waals surface area (Å²) in [6, 6.07) is 20.0. The number of amides is 2. The molecule has 2 amide bonds. The molecule has 0 spiro atoms. The largest absolute Gasteiger partial charge is 0.495 e. The SMILES string of the molecule is CC[C@H](C(=O)NCC(C)C)N(Cc1ccccc1C)C(=O)CN(c1cc(C)ccc1OC)S(=O)(=O)c1ccccc1. The second-order valence-electron chi connectivity index (χ2n) is 10.5. The van der Waals surface area contributed by atoms with Gasteiger partial charge in [-0.05, 0) is 67.1 Å². The van der Waals surface area contributed by atoms with Crippen LogP contribution in [-0.2, 0) is 26.2 Å². The quantitative estimate of drug-likeness (QED) is 0.305. The van der Waals surface area contributed by atoms with E-state index in [2.05, 4.69) is 5.32 Å². The van der Waals surface area contributed by atoms with Crippen LogP contribution in [0.5, 0.6) is 5.75 Å². The Morgan fingerprint density at radius 2 is 1.61 bits per heavy atom. The minimum atomic E-state index is -4.18. The standard InChI is InChI=1S/C32H41N3O5S/c1-7-28(32(37)33-20-23(2)3)34(21-26-14-12-11-13-25(26)5)31(36)22-35(29-19-24(4)17-18-30(29)40-6)41(38,39)27-15-9-8-10-16-27/h8-19,23,28H,7,20-22H2,1-6H3,(H,33,37)/t28-/m1/s1. The van der Waals surface area contributed by atoms with Crippen molar-refractivity contribution in [1.82, 2.24) is 10.2 Å². The highest BCUT2D eigenvalue weighted by Gasteiger charge is 2.35. The summed E-state index contributed by atoms with van der Waals surface area (Å²) in [7, 11) is -2.72. The molecule has 1 atom stereocenters. The summed E-state index contributed by atoms with van der Waals surface area (Å²) in [5.41, 5.74) is 2.90. The number of aryl methyl sites for hydroxylation is 2. The lowest BCUT2D eigenvalue weighted by molar-refractivity contribution is -0.140. The number of rotatable bonds is 13. The number of nitrogens with zero attached hydrogens (tertiary/aromatic N) is 2. The molecule has 0 saturated carbocycles. The van der Waals surface area contributed by atoms with E-state index in [1.54, 1.807) is 30.3 Å². The maximum atomic E-state index is 14.2. The van der Waals surface area contributed by atoms with E-state index in [0.717, 1.165) is 21.0 Å². The molecule has 0 aliphatic rings. The summed E-state index contributed by atoms with van der Waals surface area (Å²) in [6.07, 6.45) is 0.362. The van der Waals surface area contributed by atoms with E-state index in [4.69, 9.17) is 4.74 Å². The van der Waals surface area contributed by atoms with Gasteiger partial charge in [-0.15, -0.1) is 0 Å². The number of benzene rings is 3. The molecule has 41 heavy (non-hydrogen) atoms. The molecule has 9 heteroatoms. The first-order chi connectivity index (χ1) is 19.5. The monoisotopic (exact) mass is 579 g/mol. The second kappa shape index (κ2) is 14.2. The minimum Gasteiger partial charge on any atom is -0.495 e. The number of ether oxygens (including phenoxy) is 1. The van der Waals surface area contributed by atoms with Crippen molar-refractivity contribution in [1.29, 1.82) is 0 Å². The molecule has 0 saturated heterocycles. The molecule has 0 aliphatic heterocycles. The third kappa shape index (κ3) is 7.88. The van der Waals surface area contributed by atoms with Crippen LogP contribution in [-0.4, -0.2) is 51.4 Å². The molecule has 220 valence electrons. The van der Waals surface area contributed by atoms with Gasteiger partial charge in [-0.2, -0.15) is 0 Å². The van der Waals surface area contributed by atoms with E-state index in [1.807, 2.05) is 65.0 Å². The van der Waals surface area contributed by atoms with Gasteiger partial charge in [0.25, 0.3) is 10.0 Å². The van der Waals surface area contributed by atoms with Crippen LogP contribution >= 0.6 is 0 Å². The van der Waals surface area contributed by atoms with Gasteiger partial charge in [0.15, 0.2) is 0 Å². The minimum absolute atomic E-state index is 0.0449. The Balaban J connectivity index is 2.11. The third-order valence-corrected chi connectivity index (χ3v) is 8.66. The molecule has 3 rings (SSSR count). The van der Waals surface area contributed by atoms with Gasteiger partial charge in [0.1, 0.15) is 18.3 Å². The number of nitrogens with one attached hydrogen (secondary N) is 1. The maximum absolute atomic E-state index is 14.2. The van der Waals surface area contributed by atoms with Crippen molar-refractivity contribution in [3.05, 3.63) is 89.5 Å². The van der Waals surface area contributed by atoms with Crippen molar-refractivity contribution in [2.45, 2.75) is 58.5 Å². The van der Waals surface area contributed by atoms with Gasteiger partial charge in [0.05, 0.1) is 17.7 Å². The Kier molecular flexibility index (Phi) is 10.9. The third-order valence-electron chi connectivity index (χ3n) is 6.89. The zero-order chi connectivity index (χ0) is 30.2. The number of anilines is 1. The summed E-state index contributed by atoms with van der Waals surface area (Å²) in [6.45, 7) is 9.74. The molecule has 0 aromatic heterocycles. The van der Waals surface area contributed by atoms with Gasteiger partial charge in [0, 0.05) is 13.1 Å². The van der Waals surface area contributed by atoms with Gasteiger partial charge >= 0.3 is 0 Å². The molecule has 0 bridgehead atoms. The van der Waals surface area contributed by atoms with Gasteiger partial charge < -0.3 is 15.0 Å². The molecule has 3 aromatic carbocycles. The molecular formula is C32H41N3O5S. The first-order valence-electron chi connectivity index (χ1n) is 13.8. The van der Waals surface area contributed by atoms with Crippen LogP contribution < -0.4 is 14.4 Å². The van der Waals surface area contributed by atoms with Crippen LogP contribution in [0.1, 0.15) is 43.9 Å². The maximum Gasteiger partial charge on any atom is 0.264 e. The number of carbonyl (C=O) groups is 2. The van der Waals surface area contributed by atoms with Crippen LogP contribution in [0.3, 0.4) is 0 Å². The Morgan fingerprint density at radius 3 is 2.22 bits per heavy atom. The predicted octanol–water partition coefficient (Wildman–Crippen LogP) is 5.09. The molecule has 0 unspecified atom stereocenters. The number of hydrogen-bond acceptors (Lipinski definition) is 5. The van der Waals surface area contributed by atoms with Crippen molar-refractivity contribution in [2.24, 2.45) is 5.92 Å². The van der Waals surface area contributed by atoms with E-state index >= 15 is 0 Å². The van der Waals surface area contributed by atoms with Crippen LogP contribution in [0, 0.1) is 19.8 Å². The highest BCUT2D eigenvalue weighted by molar-refractivity contribution is 7.92. The van der Waals surface area contributed by atoms with E-state index in [1.165, 1.54) is 24.1 Å². The number of sulfonamides is 1. The molecule has 0 heterocycles. The summed E-state index contributed by atoms with van der Waals surface area (Å²) in [4.78, 5) is 29.1. The zero-order valence-electron chi connectivity index (χ0n) is 24.8. The van der Waals surface area contributed by atoms with E-state index in [0.29, 0.717) is 18.7 Å². The highest BCUT2D eigenvalue weighted by Crippen LogP contribution is 2.33. The predicted molar refractivity (Wildman–Crippen MR) is 162 cm³/mol. The first kappa shape index (κ1) is 31.7. The van der Waals surface area contributed by atoms with Crippen LogP contribution in [0.15, 0.2) is 77.7 Å². The fourth-order valence-electron chi connectivity index (χ4n) is 4.54. The average molecular weight is 580 g/mol. The fraction of sp³-hybridized carbons (Fsp3) is 0.375. The topological polar surface area (TPSA) is 96.0 Å². The molecule has 8 nitrogen and oxygen atoms in total. The lowest BCUT2D eigenvalue weighted by Gasteiger charge is -2.34. The normalized spacial score (nSPS) is 12.1. The molecule has 1 N–H and O–H groups in total. The van der Waals surface area contributed by atoms with Crippen molar-refractivity contribution in [2.75, 3.05) is 24.5 Å². The number of hydrogen-bond donors (Lipinski definition) is 1. The lowest BCUT2D eigenvalue weighted by Crippen LogP contribution is -2.52. The van der Waals surface area contributed by atoms with Crippen molar-refractivity contribution >= 4 is 27.5 Å². The van der Waals surface area contributed by atoms with Crippen LogP contribution in [0.25, 0.3) is 0 Å². The number of carbonyl (C=O) groups excluding carboxylic acids is 2. The van der Waals surface area contributed by atoms with Gasteiger partial charge in [0.2, 0.25) is 11.8 Å². The van der Waals surface area contributed by atoms with E-state index < -0.39 is 28.5 Å². The van der Waals surface area contributed by atoms with Gasteiger partial charge in [-0.3, -0.25) is 13.9 Å². The summed E-state index contributed by atoms with van der Waals surface area (Å²) in [5.74, 6) is -0.219. The van der Waals surface area contributed by atoms with E-state index in [9.17, 15) is 18.0 Å². The Labute approximate surface area is 244 Å². The molecular weight excluding hydrogens is 538 g/mol. The average Bonchev–Trinajstić information content (AvgIpc) is 2.95. The first-order valence-corrected chi connectivity index (χ1v) is 15.3. The number of methoxy groups -OCH3 is 1. The van der Waals surface area contributed by atoms with Crippen molar-refractivity contribution in [3.63, 3.8) is 0 Å². The Bertz CT molecular complexity index is 1440. The Morgan fingerprint density at radius 1 is 0.951 bits per heavy atom. The van der Waals surface area contributed by atoms with E-state index in [-0.39, 0.29) is 29.0 Å². The van der Waals surface area contributed by atoms with Crippen molar-refractivity contribution in [3.8, 4) is 5.75 Å². The summed E-state index contributed by atoms with van der Waals surface area (Å²) in [5, 5.41) is 2.95. The molecule has 0 fully saturated rings. The molecule has 0 aliphatic carbocycles. The van der Waals surface area contributed by atoms with Gasteiger partial charge in [-0.1, -0.05) is 69.3 Å². The smallest absolute Gasteiger partial charge is 0.264 e. The molecule has 3 aromatic rings. The fourth-order valence-corrected chi connectivity index (χ4v) is 5.98. The lowest BCUT2D eigenvalue weighted by atomic mass is 10.1. The van der Waals surface area contributed by atoms with Crippen LogP contribution in [0.4, 0.5) is 5.69 Å². The summed E-state index contributed by atoms with van der Waals surface area (Å²) < 4.78 is 34.7. The Hall–Kier alpha value is -3.85. The second-order valence-corrected chi connectivity index (χ2v) is 12.4.